The number of nitrogens with zero attached hydrogens (tertiary/aromatic N) is 5. The van der Waals surface area contributed by atoms with Crippen LogP contribution in [0.1, 0.15) is 41.0 Å². The van der Waals surface area contributed by atoms with Gasteiger partial charge in [-0.2, -0.15) is 5.21 Å². The fourth-order valence-corrected chi connectivity index (χ4v) is 6.46. The van der Waals surface area contributed by atoms with Crippen LogP contribution in [0.3, 0.4) is 0 Å². The minimum Gasteiger partial charge on any atom is -0.325 e. The number of carbonyl (C=O) groups excluding carboxylic acids is 1. The molecule has 14 heteroatoms. The molecule has 1 aliphatic heterocycles. The van der Waals surface area contributed by atoms with E-state index in [1.807, 2.05) is 48.5 Å². The zero-order valence-corrected chi connectivity index (χ0v) is 23.0. The van der Waals surface area contributed by atoms with Crippen LogP contribution < -0.4 is 21.1 Å². The molecule has 1 saturated heterocycles. The van der Waals surface area contributed by atoms with Gasteiger partial charge in [-0.25, -0.2) is 13.4 Å². The van der Waals surface area contributed by atoms with Crippen molar-refractivity contribution in [2.75, 3.05) is 22.3 Å². The number of pyridine rings is 1. The standard InChI is InChI=1S/C27H30N10O3S/c28-15-21-8-7-18-14-24(26(38)31-27-32-35-36-33-27)37(25(18)30-21)16-19-13-22(12-17-4-1-2-6-23(17)19)34-41(39,40)11-9-20-5-3-10-29-20/h1-2,4,6-8,12-14,20,29,34H,3,5,9-11,15-16,28H2,(H2,31,32,33,35,36,38)/t20-/m0/s1. The Bertz CT molecular complexity index is 1810. The summed E-state index contributed by atoms with van der Waals surface area (Å²) >= 11 is 0. The third-order valence-corrected chi connectivity index (χ3v) is 8.58. The average Bonchev–Trinajstić information content (AvgIpc) is 3.74. The maximum atomic E-state index is 13.3. The molecule has 212 valence electrons. The number of tetrazole rings is 1. The summed E-state index contributed by atoms with van der Waals surface area (Å²) in [5.41, 5.74) is 8.71. The normalized spacial score (nSPS) is 15.5. The molecule has 0 saturated carbocycles. The van der Waals surface area contributed by atoms with Crippen molar-refractivity contribution in [3.63, 3.8) is 0 Å². The van der Waals surface area contributed by atoms with Gasteiger partial charge in [-0.3, -0.25) is 14.8 Å². The van der Waals surface area contributed by atoms with Crippen LogP contribution in [0.15, 0.2) is 54.6 Å². The first-order chi connectivity index (χ1) is 19.9. The van der Waals surface area contributed by atoms with Crippen molar-refractivity contribution in [2.45, 2.75) is 38.4 Å². The van der Waals surface area contributed by atoms with Crippen molar-refractivity contribution in [1.29, 1.82) is 0 Å². The van der Waals surface area contributed by atoms with Gasteiger partial charge in [0.1, 0.15) is 11.3 Å². The van der Waals surface area contributed by atoms with E-state index in [0.29, 0.717) is 29.1 Å². The Morgan fingerprint density at radius 2 is 2.00 bits per heavy atom. The average molecular weight is 575 g/mol. The van der Waals surface area contributed by atoms with Crippen molar-refractivity contribution in [2.24, 2.45) is 5.73 Å². The number of nitrogens with two attached hydrogens (primary N) is 1. The fourth-order valence-electron chi connectivity index (χ4n) is 5.29. The maximum absolute atomic E-state index is 13.3. The number of H-pyrrole nitrogens is 1. The van der Waals surface area contributed by atoms with Crippen LogP contribution in [0.4, 0.5) is 11.6 Å². The van der Waals surface area contributed by atoms with E-state index in [2.05, 4.69) is 36.0 Å². The first-order valence-corrected chi connectivity index (χ1v) is 15.0. The number of hydrogen-bond acceptors (Lipinski definition) is 9. The first kappa shape index (κ1) is 26.8. The Labute approximate surface area is 236 Å². The summed E-state index contributed by atoms with van der Waals surface area (Å²) in [5.74, 6) is -0.376. The van der Waals surface area contributed by atoms with Gasteiger partial charge >= 0.3 is 0 Å². The second kappa shape index (κ2) is 11.2. The highest BCUT2D eigenvalue weighted by atomic mass is 32.2. The first-order valence-electron chi connectivity index (χ1n) is 13.4. The minimum atomic E-state index is -3.57. The van der Waals surface area contributed by atoms with Crippen molar-refractivity contribution in [3.05, 3.63) is 71.5 Å². The second-order valence-electron chi connectivity index (χ2n) is 10.1. The molecule has 4 heterocycles. The molecule has 1 atom stereocenters. The molecule has 1 fully saturated rings. The molecule has 0 radical (unpaired) electrons. The van der Waals surface area contributed by atoms with Crippen LogP contribution in [0.25, 0.3) is 21.8 Å². The maximum Gasteiger partial charge on any atom is 0.274 e. The van der Waals surface area contributed by atoms with Gasteiger partial charge in [-0.1, -0.05) is 29.4 Å². The van der Waals surface area contributed by atoms with Gasteiger partial charge in [0, 0.05) is 23.7 Å². The van der Waals surface area contributed by atoms with Gasteiger partial charge in [0.2, 0.25) is 10.0 Å². The monoisotopic (exact) mass is 574 g/mol. The van der Waals surface area contributed by atoms with Gasteiger partial charge in [0.25, 0.3) is 11.9 Å². The predicted molar refractivity (Wildman–Crippen MR) is 156 cm³/mol. The molecule has 41 heavy (non-hydrogen) atoms. The van der Waals surface area contributed by atoms with Crippen molar-refractivity contribution >= 4 is 49.4 Å². The lowest BCUT2D eigenvalue weighted by Crippen LogP contribution is -2.26. The highest BCUT2D eigenvalue weighted by Gasteiger charge is 2.21. The molecule has 0 bridgehead atoms. The quantitative estimate of drug-likeness (QED) is 0.167. The highest BCUT2D eigenvalue weighted by molar-refractivity contribution is 7.92. The minimum absolute atomic E-state index is 0.0290. The van der Waals surface area contributed by atoms with Crippen molar-refractivity contribution in [1.82, 2.24) is 35.5 Å². The van der Waals surface area contributed by atoms with E-state index >= 15 is 0 Å². The molecular formula is C27H30N10O3S. The lowest BCUT2D eigenvalue weighted by Gasteiger charge is -2.16. The molecule has 13 nitrogen and oxygen atoms in total. The molecule has 3 aromatic heterocycles. The number of benzene rings is 2. The van der Waals surface area contributed by atoms with Crippen molar-refractivity contribution in [3.8, 4) is 0 Å². The lowest BCUT2D eigenvalue weighted by atomic mass is 10.0. The van der Waals surface area contributed by atoms with Crippen LogP contribution >= 0.6 is 0 Å². The summed E-state index contributed by atoms with van der Waals surface area (Å²) in [7, 11) is -3.57. The predicted octanol–water partition coefficient (Wildman–Crippen LogP) is 2.35. The largest absolute Gasteiger partial charge is 0.325 e. The molecule has 0 unspecified atom stereocenters. The number of amides is 1. The zero-order chi connectivity index (χ0) is 28.4. The summed E-state index contributed by atoms with van der Waals surface area (Å²) in [6.45, 7) is 1.40. The van der Waals surface area contributed by atoms with Gasteiger partial charge in [0.05, 0.1) is 18.0 Å². The topological polar surface area (TPSA) is 186 Å². The molecule has 0 spiro atoms. The summed E-state index contributed by atoms with van der Waals surface area (Å²) < 4.78 is 30.6. The Morgan fingerprint density at radius 3 is 2.78 bits per heavy atom. The van der Waals surface area contributed by atoms with E-state index in [1.165, 1.54) is 0 Å². The second-order valence-corrected chi connectivity index (χ2v) is 11.9. The Balaban J connectivity index is 1.38. The summed E-state index contributed by atoms with van der Waals surface area (Å²) in [4.78, 5) is 18.0. The van der Waals surface area contributed by atoms with Gasteiger partial charge < -0.3 is 15.6 Å². The van der Waals surface area contributed by atoms with Crippen molar-refractivity contribution < 1.29 is 13.2 Å². The Kier molecular flexibility index (Phi) is 7.34. The van der Waals surface area contributed by atoms with Crippen LogP contribution in [-0.4, -0.2) is 62.8 Å². The Morgan fingerprint density at radius 1 is 1.12 bits per heavy atom. The number of hydrogen-bond donors (Lipinski definition) is 5. The van der Waals surface area contributed by atoms with E-state index in [9.17, 15) is 13.2 Å². The highest BCUT2D eigenvalue weighted by Crippen LogP contribution is 2.28. The van der Waals surface area contributed by atoms with E-state index in [1.54, 1.807) is 10.6 Å². The number of carbonyl (C=O) groups is 1. The summed E-state index contributed by atoms with van der Waals surface area (Å²) in [6, 6.07) is 17.0. The number of aromatic amines is 1. The van der Waals surface area contributed by atoms with E-state index in [-0.39, 0.29) is 30.8 Å². The smallest absolute Gasteiger partial charge is 0.274 e. The SMILES string of the molecule is NCc1ccc2cc(C(=O)Nc3nn[nH]n3)n(Cc3cc(NS(=O)(=O)CC[C@@H]4CCCN4)cc4ccccc34)c2n1. The Hall–Kier alpha value is -4.40. The number of anilines is 2. The van der Waals surface area contributed by atoms with E-state index < -0.39 is 15.9 Å². The zero-order valence-electron chi connectivity index (χ0n) is 22.2. The molecule has 6 N–H and O–H groups in total. The molecule has 5 aromatic rings. The number of fused-ring (bicyclic) bond motifs is 2. The number of nitrogens with one attached hydrogen (secondary N) is 4. The summed E-state index contributed by atoms with van der Waals surface area (Å²) in [5, 5.41) is 22.0. The van der Waals surface area contributed by atoms with Crippen LogP contribution in [0.2, 0.25) is 0 Å². The van der Waals surface area contributed by atoms with Crippen LogP contribution in [0, 0.1) is 0 Å². The van der Waals surface area contributed by atoms with E-state index in [4.69, 9.17) is 10.7 Å². The molecule has 0 aliphatic carbocycles. The molecule has 6 rings (SSSR count). The molecule has 2 aromatic carbocycles. The molecule has 1 amide bonds. The van der Waals surface area contributed by atoms with Gasteiger partial charge in [-0.05, 0) is 77.7 Å². The fraction of sp³-hybridized carbons (Fsp3) is 0.296. The van der Waals surface area contributed by atoms with E-state index in [0.717, 1.165) is 41.1 Å². The lowest BCUT2D eigenvalue weighted by molar-refractivity contribution is 0.101. The molecular weight excluding hydrogens is 544 g/mol. The summed E-state index contributed by atoms with van der Waals surface area (Å²) in [6.07, 6.45) is 2.61. The molecule has 1 aliphatic rings. The number of aromatic nitrogens is 6. The third kappa shape index (κ3) is 5.89. The third-order valence-electron chi connectivity index (χ3n) is 7.26. The van der Waals surface area contributed by atoms with Crippen LogP contribution in [0.5, 0.6) is 0 Å². The van der Waals surface area contributed by atoms with Gasteiger partial charge in [0.15, 0.2) is 0 Å². The van der Waals surface area contributed by atoms with Crippen LogP contribution in [-0.2, 0) is 23.1 Å². The number of sulfonamides is 1. The number of rotatable bonds is 10. The van der Waals surface area contributed by atoms with Gasteiger partial charge in [-0.15, -0.1) is 5.10 Å².